The highest BCUT2D eigenvalue weighted by Crippen LogP contribution is 2.23. The van der Waals surface area contributed by atoms with Crippen LogP contribution in [0.3, 0.4) is 0 Å². The van der Waals surface area contributed by atoms with Gasteiger partial charge >= 0.3 is 0 Å². The molecule has 9 nitrogen and oxygen atoms in total. The van der Waals surface area contributed by atoms with Gasteiger partial charge in [-0.15, -0.1) is 0 Å². The first kappa shape index (κ1) is 28.0. The number of nitrogens with one attached hydrogen (secondary N) is 3. The third kappa shape index (κ3) is 7.75. The molecule has 0 radical (unpaired) electrons. The summed E-state index contributed by atoms with van der Waals surface area (Å²) in [5.74, 6) is -0.0515. The van der Waals surface area contributed by atoms with Gasteiger partial charge in [0.2, 0.25) is 0 Å². The summed E-state index contributed by atoms with van der Waals surface area (Å²) in [7, 11) is 0. The molecular formula is C29H43ClN8O. The van der Waals surface area contributed by atoms with Crippen LogP contribution in [0.25, 0.3) is 0 Å². The van der Waals surface area contributed by atoms with E-state index in [1.165, 1.54) is 18.4 Å². The van der Waals surface area contributed by atoms with E-state index in [1.54, 1.807) is 0 Å². The largest absolute Gasteiger partial charge is 0.373 e. The average Bonchev–Trinajstić information content (AvgIpc) is 3.34. The Morgan fingerprint density at radius 1 is 1.10 bits per heavy atom. The lowest BCUT2D eigenvalue weighted by atomic mass is 10.0. The summed E-state index contributed by atoms with van der Waals surface area (Å²) in [5, 5.41) is 10.5. The first-order valence-electron chi connectivity index (χ1n) is 14.4. The number of piperidine rings is 1. The fraction of sp³-hybridized carbons (Fsp3) is 0.586. The van der Waals surface area contributed by atoms with Gasteiger partial charge in [0.25, 0.3) is 5.91 Å². The van der Waals surface area contributed by atoms with Crippen molar-refractivity contribution in [2.75, 3.05) is 59.0 Å². The van der Waals surface area contributed by atoms with E-state index in [1.807, 2.05) is 37.5 Å². The second-order valence-corrected chi connectivity index (χ2v) is 11.4. The third-order valence-corrected chi connectivity index (χ3v) is 8.52. The smallest absolute Gasteiger partial charge is 0.267 e. The summed E-state index contributed by atoms with van der Waals surface area (Å²) in [6.07, 6.45) is 10.1. The molecule has 0 saturated carbocycles. The number of nitrogens with zero attached hydrogens (tertiary/aromatic N) is 5. The topological polar surface area (TPSA) is 78.5 Å². The molecule has 3 N–H and O–H groups in total. The third-order valence-electron chi connectivity index (χ3n) is 8.15. The van der Waals surface area contributed by atoms with E-state index in [0.29, 0.717) is 18.3 Å². The molecule has 0 aromatic heterocycles. The second kappa shape index (κ2) is 13.7. The van der Waals surface area contributed by atoms with Gasteiger partial charge in [-0.25, -0.2) is 0 Å². The molecule has 0 bridgehead atoms. The minimum atomic E-state index is -0.186. The van der Waals surface area contributed by atoms with Gasteiger partial charge in [-0.05, 0) is 69.9 Å². The number of carbonyl (C=O) groups excluding carboxylic acids is 1. The molecule has 212 valence electrons. The molecule has 1 atom stereocenters. The number of likely N-dealkylation sites (tertiary alicyclic amines) is 1. The van der Waals surface area contributed by atoms with E-state index in [0.717, 1.165) is 82.6 Å². The quantitative estimate of drug-likeness (QED) is 0.405. The molecule has 2 fully saturated rings. The maximum atomic E-state index is 12.9. The predicted octanol–water partition coefficient (Wildman–Crippen LogP) is 2.38. The van der Waals surface area contributed by atoms with Crippen LogP contribution in [0.2, 0.25) is 5.02 Å². The van der Waals surface area contributed by atoms with Crippen LogP contribution in [0.15, 0.2) is 53.4 Å². The molecular weight excluding hydrogens is 512 g/mol. The zero-order valence-corrected chi connectivity index (χ0v) is 23.9. The van der Waals surface area contributed by atoms with Gasteiger partial charge < -0.3 is 20.9 Å². The van der Waals surface area contributed by atoms with Crippen LogP contribution < -0.4 is 16.0 Å². The maximum Gasteiger partial charge on any atom is 0.267 e. The van der Waals surface area contributed by atoms with Gasteiger partial charge in [-0.1, -0.05) is 29.8 Å². The zero-order valence-electron chi connectivity index (χ0n) is 23.1. The van der Waals surface area contributed by atoms with Crippen molar-refractivity contribution in [1.82, 2.24) is 35.6 Å². The second-order valence-electron chi connectivity index (χ2n) is 11.0. The number of allylic oxidation sites excluding steroid dienone is 1. The lowest BCUT2D eigenvalue weighted by Gasteiger charge is -2.38. The van der Waals surface area contributed by atoms with Crippen LogP contribution >= 0.6 is 11.6 Å². The van der Waals surface area contributed by atoms with Crippen LogP contribution in [0, 0.1) is 0 Å². The van der Waals surface area contributed by atoms with Crippen molar-refractivity contribution >= 4 is 23.2 Å². The lowest BCUT2D eigenvalue weighted by Crippen LogP contribution is -2.50. The summed E-state index contributed by atoms with van der Waals surface area (Å²) in [6.45, 7) is 11.6. The number of amides is 1. The van der Waals surface area contributed by atoms with Crippen LogP contribution in [0.5, 0.6) is 0 Å². The molecule has 0 aliphatic carbocycles. The fourth-order valence-corrected chi connectivity index (χ4v) is 6.14. The standard InChI is InChI=1S/C29H43ClN8O/c1-23-20-27(28(39)32-10-4-12-36-17-11-31-22-36)34-29(33-23)38-14-5-13-37(18-19-38)25-8-15-35(16-9-25)21-24-6-2-3-7-26(24)30/h2-3,6-7,11,17,20,25,29,31,34H,4-5,8-10,12-16,18-19,21-22H2,1H3,(H,32,39). The van der Waals surface area contributed by atoms with E-state index in [9.17, 15) is 4.79 Å². The van der Waals surface area contributed by atoms with Gasteiger partial charge in [0.15, 0.2) is 6.29 Å². The van der Waals surface area contributed by atoms with E-state index in [-0.39, 0.29) is 12.2 Å². The summed E-state index contributed by atoms with van der Waals surface area (Å²) in [5.41, 5.74) is 2.73. The first-order valence-corrected chi connectivity index (χ1v) is 14.8. The minimum absolute atomic E-state index is 0.0515. The molecule has 5 rings (SSSR count). The van der Waals surface area contributed by atoms with Crippen molar-refractivity contribution in [3.05, 3.63) is 59.0 Å². The molecule has 2 saturated heterocycles. The molecule has 39 heavy (non-hydrogen) atoms. The molecule has 1 unspecified atom stereocenters. The number of aliphatic imine (C=N–C) groups is 1. The van der Waals surface area contributed by atoms with Crippen molar-refractivity contribution in [1.29, 1.82) is 0 Å². The molecule has 1 aromatic rings. The van der Waals surface area contributed by atoms with Crippen LogP contribution in [0.1, 0.15) is 38.2 Å². The molecule has 4 aliphatic rings. The highest BCUT2D eigenvalue weighted by Gasteiger charge is 2.30. The van der Waals surface area contributed by atoms with E-state index in [4.69, 9.17) is 16.6 Å². The van der Waals surface area contributed by atoms with Crippen molar-refractivity contribution in [2.45, 2.75) is 51.5 Å². The lowest BCUT2D eigenvalue weighted by molar-refractivity contribution is -0.118. The highest BCUT2D eigenvalue weighted by atomic mass is 35.5. The minimum Gasteiger partial charge on any atom is -0.373 e. The van der Waals surface area contributed by atoms with E-state index < -0.39 is 0 Å². The number of halogens is 1. The summed E-state index contributed by atoms with van der Waals surface area (Å²) >= 11 is 6.39. The Hall–Kier alpha value is -2.59. The fourth-order valence-electron chi connectivity index (χ4n) is 5.95. The summed E-state index contributed by atoms with van der Waals surface area (Å²) in [6, 6.07) is 8.82. The Morgan fingerprint density at radius 2 is 1.90 bits per heavy atom. The van der Waals surface area contributed by atoms with E-state index >= 15 is 0 Å². The number of benzene rings is 1. The molecule has 1 amide bonds. The summed E-state index contributed by atoms with van der Waals surface area (Å²) < 4.78 is 0. The maximum absolute atomic E-state index is 12.9. The molecule has 4 aliphatic heterocycles. The first-order chi connectivity index (χ1) is 19.0. The molecule has 10 heteroatoms. The molecule has 0 spiro atoms. The predicted molar refractivity (Wildman–Crippen MR) is 157 cm³/mol. The van der Waals surface area contributed by atoms with Gasteiger partial charge in [0, 0.05) is 68.4 Å². The van der Waals surface area contributed by atoms with Crippen LogP contribution in [-0.2, 0) is 11.3 Å². The number of hydrogen-bond donors (Lipinski definition) is 3. The van der Waals surface area contributed by atoms with Crippen molar-refractivity contribution in [2.24, 2.45) is 4.99 Å². The molecule has 4 heterocycles. The Bertz CT molecular complexity index is 1070. The Kier molecular flexibility index (Phi) is 9.79. The zero-order chi connectivity index (χ0) is 27.0. The number of carbonyl (C=O) groups is 1. The SMILES string of the molecule is CC1=NC(N2CCCN(C3CCN(Cc4ccccc4Cl)CC3)CC2)NC(C(=O)NCCCN2C=CNC2)=C1. The van der Waals surface area contributed by atoms with Crippen molar-refractivity contribution in [3.8, 4) is 0 Å². The van der Waals surface area contributed by atoms with Crippen LogP contribution in [0.4, 0.5) is 0 Å². The monoisotopic (exact) mass is 554 g/mol. The van der Waals surface area contributed by atoms with E-state index in [2.05, 4.69) is 47.7 Å². The normalized spacial score (nSPS) is 23.5. The average molecular weight is 555 g/mol. The molecule has 1 aromatic carbocycles. The van der Waals surface area contributed by atoms with Gasteiger partial charge in [0.05, 0.1) is 6.67 Å². The van der Waals surface area contributed by atoms with Crippen molar-refractivity contribution in [3.63, 3.8) is 0 Å². The Labute approximate surface area is 237 Å². The van der Waals surface area contributed by atoms with Gasteiger partial charge in [-0.3, -0.25) is 24.5 Å². The number of rotatable bonds is 9. The Morgan fingerprint density at radius 3 is 2.69 bits per heavy atom. The highest BCUT2D eigenvalue weighted by molar-refractivity contribution is 6.31. The summed E-state index contributed by atoms with van der Waals surface area (Å²) in [4.78, 5) is 27.5. The Balaban J connectivity index is 1.06. The number of hydrogen-bond acceptors (Lipinski definition) is 8. The van der Waals surface area contributed by atoms with Crippen LogP contribution in [-0.4, -0.2) is 103 Å². The van der Waals surface area contributed by atoms with Gasteiger partial charge in [-0.2, -0.15) is 0 Å². The van der Waals surface area contributed by atoms with Crippen molar-refractivity contribution < 1.29 is 4.79 Å². The van der Waals surface area contributed by atoms with Gasteiger partial charge in [0.1, 0.15) is 5.70 Å².